The molecule has 2 heterocycles. The lowest BCUT2D eigenvalue weighted by Gasteiger charge is -2.36. The lowest BCUT2D eigenvalue weighted by atomic mass is 10.0. The number of rotatable bonds is 1. The Morgan fingerprint density at radius 1 is 1.54 bits per heavy atom. The van der Waals surface area contributed by atoms with Gasteiger partial charge in [-0.15, -0.1) is 11.3 Å². The molecule has 0 saturated heterocycles. The third-order valence-corrected chi connectivity index (χ3v) is 3.98. The number of nitrogens with zero attached hydrogens (tertiary/aromatic N) is 1. The fourth-order valence-electron chi connectivity index (χ4n) is 2.23. The van der Waals surface area contributed by atoms with Crippen LogP contribution in [-0.2, 0) is 6.42 Å². The molecule has 0 spiro atoms. The average molecular weight is 195 g/mol. The van der Waals surface area contributed by atoms with Crippen LogP contribution in [0.25, 0.3) is 0 Å². The highest BCUT2D eigenvalue weighted by Crippen LogP contribution is 2.33. The minimum absolute atomic E-state index is 0.620. The zero-order valence-corrected chi connectivity index (χ0v) is 9.40. The molecule has 2 rings (SSSR count). The summed E-state index contributed by atoms with van der Waals surface area (Å²) < 4.78 is 0. The highest BCUT2D eigenvalue weighted by molar-refractivity contribution is 7.10. The Morgan fingerprint density at radius 2 is 2.31 bits per heavy atom. The summed E-state index contributed by atoms with van der Waals surface area (Å²) in [7, 11) is 0. The number of hydrogen-bond donors (Lipinski definition) is 0. The van der Waals surface area contributed by atoms with Crippen LogP contribution < -0.4 is 0 Å². The molecule has 0 fully saturated rings. The Bertz CT molecular complexity index is 290. The van der Waals surface area contributed by atoms with E-state index >= 15 is 0 Å². The number of thiophene rings is 1. The zero-order valence-electron chi connectivity index (χ0n) is 8.58. The molecule has 72 valence electrons. The Hall–Kier alpha value is -0.340. The van der Waals surface area contributed by atoms with Crippen LogP contribution >= 0.6 is 11.3 Å². The van der Waals surface area contributed by atoms with E-state index in [-0.39, 0.29) is 0 Å². The summed E-state index contributed by atoms with van der Waals surface area (Å²) in [6.07, 6.45) is 1.25. The van der Waals surface area contributed by atoms with Crippen LogP contribution in [0, 0.1) is 0 Å². The number of fused-ring (bicyclic) bond motifs is 1. The van der Waals surface area contributed by atoms with Crippen molar-refractivity contribution in [1.82, 2.24) is 4.90 Å². The summed E-state index contributed by atoms with van der Waals surface area (Å²) >= 11 is 1.92. The summed E-state index contributed by atoms with van der Waals surface area (Å²) in [4.78, 5) is 4.18. The van der Waals surface area contributed by atoms with Gasteiger partial charge in [0.25, 0.3) is 0 Å². The van der Waals surface area contributed by atoms with Crippen LogP contribution in [0.5, 0.6) is 0 Å². The van der Waals surface area contributed by atoms with Crippen molar-refractivity contribution in [2.75, 3.05) is 6.54 Å². The first kappa shape index (κ1) is 9.22. The van der Waals surface area contributed by atoms with Gasteiger partial charge < -0.3 is 0 Å². The van der Waals surface area contributed by atoms with Crippen molar-refractivity contribution in [3.8, 4) is 0 Å². The second-order valence-corrected chi connectivity index (χ2v) is 5.06. The zero-order chi connectivity index (χ0) is 9.42. The van der Waals surface area contributed by atoms with E-state index in [9.17, 15) is 0 Å². The molecule has 1 unspecified atom stereocenters. The van der Waals surface area contributed by atoms with Crippen LogP contribution in [0.4, 0.5) is 0 Å². The van der Waals surface area contributed by atoms with E-state index in [1.807, 2.05) is 11.3 Å². The molecule has 13 heavy (non-hydrogen) atoms. The predicted molar refractivity (Wildman–Crippen MR) is 58.3 cm³/mol. The first-order valence-electron chi connectivity index (χ1n) is 5.02. The summed E-state index contributed by atoms with van der Waals surface area (Å²) in [6, 6.07) is 3.58. The van der Waals surface area contributed by atoms with Gasteiger partial charge in [0.05, 0.1) is 0 Å². The van der Waals surface area contributed by atoms with E-state index in [2.05, 4.69) is 37.1 Å². The molecule has 1 aliphatic heterocycles. The van der Waals surface area contributed by atoms with Gasteiger partial charge in [-0.05, 0) is 44.2 Å². The van der Waals surface area contributed by atoms with Gasteiger partial charge in [-0.3, -0.25) is 4.90 Å². The molecule has 0 saturated carbocycles. The second kappa shape index (κ2) is 3.43. The smallest absolute Gasteiger partial charge is 0.0333 e. The first-order valence-corrected chi connectivity index (χ1v) is 5.90. The molecule has 0 aliphatic carbocycles. The maximum absolute atomic E-state index is 2.58. The van der Waals surface area contributed by atoms with E-state index in [4.69, 9.17) is 0 Å². The van der Waals surface area contributed by atoms with Crippen LogP contribution in [-0.4, -0.2) is 17.5 Å². The lowest BCUT2D eigenvalue weighted by molar-refractivity contribution is 0.156. The van der Waals surface area contributed by atoms with E-state index in [1.54, 1.807) is 10.4 Å². The molecule has 1 aromatic rings. The molecule has 0 radical (unpaired) electrons. The van der Waals surface area contributed by atoms with Gasteiger partial charge >= 0.3 is 0 Å². The summed E-state index contributed by atoms with van der Waals surface area (Å²) in [5.41, 5.74) is 1.56. The van der Waals surface area contributed by atoms with Gasteiger partial charge in [-0.25, -0.2) is 0 Å². The predicted octanol–water partition coefficient (Wildman–Crippen LogP) is 3.08. The summed E-state index contributed by atoms with van der Waals surface area (Å²) in [5, 5.41) is 2.23. The maximum atomic E-state index is 2.58. The fraction of sp³-hybridized carbons (Fsp3) is 0.636. The highest BCUT2D eigenvalue weighted by Gasteiger charge is 2.25. The molecule has 0 aromatic carbocycles. The number of hydrogen-bond acceptors (Lipinski definition) is 2. The second-order valence-electron chi connectivity index (χ2n) is 4.06. The molecular weight excluding hydrogens is 178 g/mol. The van der Waals surface area contributed by atoms with Crippen LogP contribution in [0.1, 0.15) is 37.3 Å². The molecule has 0 N–H and O–H groups in total. The van der Waals surface area contributed by atoms with E-state index in [0.29, 0.717) is 12.1 Å². The molecule has 1 atom stereocenters. The maximum Gasteiger partial charge on any atom is 0.0333 e. The molecule has 2 heteroatoms. The van der Waals surface area contributed by atoms with Gasteiger partial charge in [-0.1, -0.05) is 0 Å². The van der Waals surface area contributed by atoms with E-state index in [1.165, 1.54) is 13.0 Å². The van der Waals surface area contributed by atoms with Gasteiger partial charge in [0.1, 0.15) is 0 Å². The van der Waals surface area contributed by atoms with E-state index in [0.717, 1.165) is 0 Å². The van der Waals surface area contributed by atoms with Crippen molar-refractivity contribution >= 4 is 11.3 Å². The minimum Gasteiger partial charge on any atom is -0.294 e. The average Bonchev–Trinajstić information content (AvgIpc) is 2.52. The van der Waals surface area contributed by atoms with Crippen molar-refractivity contribution in [1.29, 1.82) is 0 Å². The van der Waals surface area contributed by atoms with Gasteiger partial charge in [0.2, 0.25) is 0 Å². The molecule has 1 aromatic heterocycles. The monoisotopic (exact) mass is 195 g/mol. The van der Waals surface area contributed by atoms with Crippen LogP contribution in [0.3, 0.4) is 0 Å². The third kappa shape index (κ3) is 1.53. The Balaban J connectivity index is 2.27. The molecule has 1 nitrogen and oxygen atoms in total. The topological polar surface area (TPSA) is 3.24 Å². The SMILES string of the molecule is CC(C)N1CCc2sccc2C1C. The van der Waals surface area contributed by atoms with Gasteiger partial charge in [0, 0.05) is 23.5 Å². The fourth-order valence-corrected chi connectivity index (χ4v) is 3.20. The van der Waals surface area contributed by atoms with E-state index < -0.39 is 0 Å². The van der Waals surface area contributed by atoms with Gasteiger partial charge in [0.15, 0.2) is 0 Å². The lowest BCUT2D eigenvalue weighted by Crippen LogP contribution is -2.38. The standard InChI is InChI=1S/C11H17NS/c1-8(2)12-6-4-11-10(9(12)3)5-7-13-11/h5,7-9H,4,6H2,1-3H3. The van der Waals surface area contributed by atoms with Crippen molar-refractivity contribution < 1.29 is 0 Å². The Labute approximate surface area is 84.4 Å². The summed E-state index contributed by atoms with van der Waals surface area (Å²) in [6.45, 7) is 8.12. The van der Waals surface area contributed by atoms with Crippen LogP contribution in [0.15, 0.2) is 11.4 Å². The molecule has 1 aliphatic rings. The third-order valence-electron chi connectivity index (χ3n) is 2.99. The van der Waals surface area contributed by atoms with Crippen molar-refractivity contribution in [3.63, 3.8) is 0 Å². The largest absolute Gasteiger partial charge is 0.294 e. The highest BCUT2D eigenvalue weighted by atomic mass is 32.1. The Kier molecular flexibility index (Phi) is 2.43. The minimum atomic E-state index is 0.620. The van der Waals surface area contributed by atoms with Crippen molar-refractivity contribution in [3.05, 3.63) is 21.9 Å². The quantitative estimate of drug-likeness (QED) is 0.665. The summed E-state index contributed by atoms with van der Waals surface area (Å²) in [5.74, 6) is 0. The Morgan fingerprint density at radius 3 is 3.00 bits per heavy atom. The van der Waals surface area contributed by atoms with Gasteiger partial charge in [-0.2, -0.15) is 0 Å². The normalized spacial score (nSPS) is 23.5. The van der Waals surface area contributed by atoms with Crippen molar-refractivity contribution in [2.24, 2.45) is 0 Å². The first-order chi connectivity index (χ1) is 6.20. The van der Waals surface area contributed by atoms with Crippen LogP contribution in [0.2, 0.25) is 0 Å². The molecular formula is C11H17NS. The molecule has 0 amide bonds. The van der Waals surface area contributed by atoms with Crippen molar-refractivity contribution in [2.45, 2.75) is 39.3 Å². The molecule has 0 bridgehead atoms.